The zero-order valence-electron chi connectivity index (χ0n) is 13.4. The molecule has 0 aliphatic heterocycles. The van der Waals surface area contributed by atoms with Crippen molar-refractivity contribution in [3.05, 3.63) is 77.0 Å². The van der Waals surface area contributed by atoms with Crippen molar-refractivity contribution in [2.45, 2.75) is 0 Å². The highest BCUT2D eigenvalue weighted by atomic mass is 16.1. The van der Waals surface area contributed by atoms with E-state index >= 15 is 0 Å². The average Bonchev–Trinajstić information content (AvgIpc) is 2.59. The number of benzene rings is 1. The fraction of sp³-hybridized carbons (Fsp3) is 0.111. The smallest absolute Gasteiger partial charge is 0.211 e. The number of hydrogen-bond donors (Lipinski definition) is 0. The third-order valence-corrected chi connectivity index (χ3v) is 3.42. The molecule has 3 aromatic rings. The number of rotatable bonds is 4. The fourth-order valence-corrected chi connectivity index (χ4v) is 2.22. The normalized spacial score (nSPS) is 11.1. The van der Waals surface area contributed by atoms with E-state index in [0.29, 0.717) is 0 Å². The summed E-state index contributed by atoms with van der Waals surface area (Å²) in [6, 6.07) is 10.8. The molecule has 0 radical (unpaired) electrons. The van der Waals surface area contributed by atoms with Crippen molar-refractivity contribution < 1.29 is 4.79 Å². The van der Waals surface area contributed by atoms with Crippen molar-refractivity contribution in [1.29, 1.82) is 0 Å². The van der Waals surface area contributed by atoms with Gasteiger partial charge in [0.15, 0.2) is 5.69 Å². The molecule has 3 rings (SSSR count). The minimum atomic E-state index is -0.425. The van der Waals surface area contributed by atoms with Crippen molar-refractivity contribution in [2.24, 2.45) is 0 Å². The van der Waals surface area contributed by atoms with Gasteiger partial charge in [-0.3, -0.25) is 14.6 Å². The molecule has 2 aromatic heterocycles. The van der Waals surface area contributed by atoms with E-state index in [1.165, 1.54) is 16.8 Å². The minimum absolute atomic E-state index is 0.109. The highest BCUT2D eigenvalue weighted by Crippen LogP contribution is 2.15. The van der Waals surface area contributed by atoms with Crippen molar-refractivity contribution in [3.8, 4) is 5.69 Å². The Kier molecular flexibility index (Phi) is 4.20. The number of carbonyl (C=O) groups is 1. The monoisotopic (exact) mass is 320 g/mol. The lowest BCUT2D eigenvalue weighted by atomic mass is 10.2. The molecule has 6 heteroatoms. The molecule has 2 heterocycles. The van der Waals surface area contributed by atoms with Crippen LogP contribution in [-0.4, -0.2) is 39.5 Å². The Bertz CT molecular complexity index is 989. The second kappa shape index (κ2) is 6.45. The van der Waals surface area contributed by atoms with Gasteiger partial charge < -0.3 is 4.90 Å². The predicted octanol–water partition coefficient (Wildman–Crippen LogP) is 2.04. The number of aromatic nitrogens is 3. The molecule has 0 fully saturated rings. The lowest BCUT2D eigenvalue weighted by Crippen LogP contribution is -2.20. The number of ketones is 1. The second-order valence-corrected chi connectivity index (χ2v) is 5.50. The summed E-state index contributed by atoms with van der Waals surface area (Å²) in [4.78, 5) is 30.1. The van der Waals surface area contributed by atoms with E-state index < -0.39 is 11.2 Å². The quantitative estimate of drug-likeness (QED) is 0.543. The highest BCUT2D eigenvalue weighted by molar-refractivity contribution is 6.02. The first-order valence-electron chi connectivity index (χ1n) is 7.39. The zero-order chi connectivity index (χ0) is 17.1. The molecule has 0 aliphatic rings. The molecule has 6 nitrogen and oxygen atoms in total. The number of allylic oxidation sites excluding steroid dienone is 1. The molecule has 0 bridgehead atoms. The molecule has 0 saturated heterocycles. The van der Waals surface area contributed by atoms with Gasteiger partial charge >= 0.3 is 0 Å². The number of nitrogens with zero attached hydrogens (tertiary/aromatic N) is 4. The number of fused-ring (bicyclic) bond motifs is 1. The Balaban J connectivity index is 2.03. The maximum absolute atomic E-state index is 12.2. The molecule has 0 unspecified atom stereocenters. The van der Waals surface area contributed by atoms with E-state index in [9.17, 15) is 9.59 Å². The van der Waals surface area contributed by atoms with Crippen molar-refractivity contribution >= 4 is 16.7 Å². The van der Waals surface area contributed by atoms with Crippen LogP contribution < -0.4 is 5.43 Å². The molecule has 0 saturated carbocycles. The van der Waals surface area contributed by atoms with Crippen LogP contribution in [0, 0.1) is 0 Å². The van der Waals surface area contributed by atoms with Gasteiger partial charge in [0.25, 0.3) is 0 Å². The third-order valence-electron chi connectivity index (χ3n) is 3.42. The fourth-order valence-electron chi connectivity index (χ4n) is 2.22. The molecule has 0 spiro atoms. The van der Waals surface area contributed by atoms with Crippen LogP contribution in [0.1, 0.15) is 10.5 Å². The van der Waals surface area contributed by atoms with Gasteiger partial charge in [-0.25, -0.2) is 4.68 Å². The molecular formula is C18H16N4O2. The van der Waals surface area contributed by atoms with Crippen LogP contribution in [0.5, 0.6) is 0 Å². The first-order chi connectivity index (χ1) is 11.5. The molecular weight excluding hydrogens is 304 g/mol. The van der Waals surface area contributed by atoms with Gasteiger partial charge in [-0.15, -0.1) is 0 Å². The van der Waals surface area contributed by atoms with Gasteiger partial charge in [-0.1, -0.05) is 6.07 Å². The summed E-state index contributed by atoms with van der Waals surface area (Å²) in [7, 11) is 3.59. The first kappa shape index (κ1) is 15.6. The second-order valence-electron chi connectivity index (χ2n) is 5.50. The van der Waals surface area contributed by atoms with Gasteiger partial charge in [0.1, 0.15) is 0 Å². The van der Waals surface area contributed by atoms with E-state index in [4.69, 9.17) is 0 Å². The maximum atomic E-state index is 12.2. The van der Waals surface area contributed by atoms with Crippen LogP contribution in [0.25, 0.3) is 16.6 Å². The predicted molar refractivity (Wildman–Crippen MR) is 92.3 cm³/mol. The Labute approximate surface area is 138 Å². The van der Waals surface area contributed by atoms with Crippen molar-refractivity contribution in [1.82, 2.24) is 19.7 Å². The number of carbonyl (C=O) groups excluding carboxylic acids is 1. The summed E-state index contributed by atoms with van der Waals surface area (Å²) in [5, 5.41) is 5.15. The van der Waals surface area contributed by atoms with Crippen LogP contribution in [0.4, 0.5) is 0 Å². The van der Waals surface area contributed by atoms with Crippen molar-refractivity contribution in [3.63, 3.8) is 0 Å². The molecule has 0 atom stereocenters. The largest absolute Gasteiger partial charge is 0.383 e. The van der Waals surface area contributed by atoms with Gasteiger partial charge in [0.2, 0.25) is 11.2 Å². The summed E-state index contributed by atoms with van der Waals surface area (Å²) in [6.45, 7) is 0. The summed E-state index contributed by atoms with van der Waals surface area (Å²) in [5.74, 6) is -0.425. The van der Waals surface area contributed by atoms with Gasteiger partial charge in [-0.2, -0.15) is 5.10 Å². The van der Waals surface area contributed by atoms with Crippen LogP contribution in [0.15, 0.2) is 65.9 Å². The zero-order valence-corrected chi connectivity index (χ0v) is 13.4. The lowest BCUT2D eigenvalue weighted by molar-refractivity contribution is 0.103. The average molecular weight is 320 g/mol. The minimum Gasteiger partial charge on any atom is -0.383 e. The number of hydrogen-bond acceptors (Lipinski definition) is 5. The van der Waals surface area contributed by atoms with Gasteiger partial charge in [0.05, 0.1) is 11.2 Å². The third kappa shape index (κ3) is 3.22. The van der Waals surface area contributed by atoms with E-state index in [2.05, 4.69) is 10.1 Å². The van der Waals surface area contributed by atoms with E-state index in [1.807, 2.05) is 30.3 Å². The summed E-state index contributed by atoms with van der Waals surface area (Å²) >= 11 is 0. The van der Waals surface area contributed by atoms with Crippen LogP contribution >= 0.6 is 0 Å². The summed E-state index contributed by atoms with van der Waals surface area (Å²) < 4.78 is 1.52. The summed E-state index contributed by atoms with van der Waals surface area (Å²) in [6.07, 6.45) is 6.20. The van der Waals surface area contributed by atoms with Gasteiger partial charge in [-0.05, 0) is 24.3 Å². The Morgan fingerprint density at radius 1 is 1.21 bits per heavy atom. The molecule has 0 aliphatic carbocycles. The SMILES string of the molecule is CN(C)C=CC(=O)c1nn(-c2ccc3ncccc3c2)ccc1=O. The molecule has 24 heavy (non-hydrogen) atoms. The molecule has 1 aromatic carbocycles. The molecule has 120 valence electrons. The van der Waals surface area contributed by atoms with Crippen LogP contribution in [-0.2, 0) is 0 Å². The molecule has 0 N–H and O–H groups in total. The van der Waals surface area contributed by atoms with E-state index in [-0.39, 0.29) is 5.69 Å². The van der Waals surface area contributed by atoms with E-state index in [0.717, 1.165) is 16.6 Å². The van der Waals surface area contributed by atoms with Crippen LogP contribution in [0.2, 0.25) is 0 Å². The standard InChI is InChI=1S/C18H16N4O2/c1-21(2)10-7-16(23)18-17(24)8-11-22(20-18)14-5-6-15-13(12-14)4-3-9-19-15/h3-12H,1-2H3. The number of pyridine rings is 1. The maximum Gasteiger partial charge on any atom is 0.211 e. The highest BCUT2D eigenvalue weighted by Gasteiger charge is 2.11. The summed E-state index contributed by atoms with van der Waals surface area (Å²) in [5.41, 5.74) is 1.11. The van der Waals surface area contributed by atoms with Crippen molar-refractivity contribution in [2.75, 3.05) is 14.1 Å². The topological polar surface area (TPSA) is 68.1 Å². The Morgan fingerprint density at radius 3 is 2.83 bits per heavy atom. The first-order valence-corrected chi connectivity index (χ1v) is 7.39. The van der Waals surface area contributed by atoms with E-state index in [1.54, 1.807) is 37.6 Å². The van der Waals surface area contributed by atoms with Gasteiger partial charge in [0, 0.05) is 50.2 Å². The Morgan fingerprint density at radius 2 is 2.04 bits per heavy atom. The van der Waals surface area contributed by atoms with Crippen LogP contribution in [0.3, 0.4) is 0 Å². The lowest BCUT2D eigenvalue weighted by Gasteiger charge is -2.07. The Hall–Kier alpha value is -3.28. The molecule has 0 amide bonds.